The molecule has 0 bridgehead atoms. The quantitative estimate of drug-likeness (QED) is 0.552. The van der Waals surface area contributed by atoms with Crippen molar-refractivity contribution in [3.8, 4) is 0 Å². The Hall–Kier alpha value is -2.99. The molecule has 0 spiro atoms. The minimum Gasteiger partial charge on any atom is -0.324 e. The van der Waals surface area contributed by atoms with E-state index < -0.39 is 0 Å². The van der Waals surface area contributed by atoms with E-state index >= 15 is 0 Å². The number of hydrogen-bond donors (Lipinski definition) is 1. The van der Waals surface area contributed by atoms with E-state index in [1.54, 1.807) is 11.3 Å². The van der Waals surface area contributed by atoms with Gasteiger partial charge in [-0.3, -0.25) is 14.2 Å². The summed E-state index contributed by atoms with van der Waals surface area (Å²) >= 11 is 1.62. The highest BCUT2D eigenvalue weighted by atomic mass is 32.1. The topological polar surface area (TPSA) is 64.0 Å². The first-order valence-corrected chi connectivity index (χ1v) is 10.7. The van der Waals surface area contributed by atoms with E-state index in [0.29, 0.717) is 11.3 Å². The van der Waals surface area contributed by atoms with E-state index in [4.69, 9.17) is 0 Å². The molecule has 5 nitrogen and oxygen atoms in total. The molecule has 5 rings (SSSR count). The summed E-state index contributed by atoms with van der Waals surface area (Å²) < 4.78 is 1.42. The van der Waals surface area contributed by atoms with Crippen molar-refractivity contribution in [1.29, 1.82) is 0 Å². The van der Waals surface area contributed by atoms with Crippen LogP contribution in [0.15, 0.2) is 53.6 Å². The van der Waals surface area contributed by atoms with Crippen LogP contribution in [-0.2, 0) is 24.2 Å². The predicted octanol–water partition coefficient (Wildman–Crippen LogP) is 4.37. The first kappa shape index (κ1) is 18.1. The van der Waals surface area contributed by atoms with Crippen LogP contribution in [0.4, 0.5) is 5.69 Å². The van der Waals surface area contributed by atoms with Crippen LogP contribution in [0.3, 0.4) is 0 Å². The van der Waals surface area contributed by atoms with Gasteiger partial charge in [0.25, 0.3) is 5.56 Å². The van der Waals surface area contributed by atoms with Crippen LogP contribution in [0.5, 0.6) is 0 Å². The molecule has 1 aliphatic rings. The van der Waals surface area contributed by atoms with Crippen molar-refractivity contribution in [2.24, 2.45) is 5.92 Å². The number of nitrogens with one attached hydrogen (secondary N) is 1. The number of hydrogen-bond acceptors (Lipinski definition) is 4. The molecular formula is C23H21N3O2S. The van der Waals surface area contributed by atoms with Gasteiger partial charge < -0.3 is 5.32 Å². The number of fused-ring (bicyclic) bond motifs is 4. The molecule has 0 saturated carbocycles. The fraction of sp³-hybridized carbons (Fsp3) is 0.261. The fourth-order valence-corrected chi connectivity index (χ4v) is 5.50. The van der Waals surface area contributed by atoms with E-state index in [0.717, 1.165) is 46.1 Å². The molecule has 0 fully saturated rings. The molecule has 1 N–H and O–H groups in total. The number of aryl methyl sites for hydroxylation is 1. The number of nitrogens with zero attached hydrogens (tertiary/aromatic N) is 2. The van der Waals surface area contributed by atoms with Crippen LogP contribution in [0.1, 0.15) is 23.8 Å². The van der Waals surface area contributed by atoms with Crippen LogP contribution in [0.25, 0.3) is 21.0 Å². The number of aromatic nitrogens is 2. The van der Waals surface area contributed by atoms with Crippen LogP contribution in [0, 0.1) is 5.92 Å². The molecule has 1 amide bonds. The Balaban J connectivity index is 1.45. The molecule has 1 aliphatic carbocycles. The summed E-state index contributed by atoms with van der Waals surface area (Å²) in [6, 6.07) is 13.7. The molecule has 6 heteroatoms. The second-order valence-corrected chi connectivity index (χ2v) is 8.87. The molecule has 0 aliphatic heterocycles. The summed E-state index contributed by atoms with van der Waals surface area (Å²) in [6.07, 6.45) is 4.52. The zero-order valence-electron chi connectivity index (χ0n) is 16.1. The van der Waals surface area contributed by atoms with Crippen molar-refractivity contribution in [3.05, 3.63) is 69.6 Å². The highest BCUT2D eigenvalue weighted by molar-refractivity contribution is 7.18. The van der Waals surface area contributed by atoms with Gasteiger partial charge in [0, 0.05) is 16.0 Å². The summed E-state index contributed by atoms with van der Waals surface area (Å²) in [6.45, 7) is 2.20. The number of anilines is 1. The Morgan fingerprint density at radius 1 is 1.24 bits per heavy atom. The number of thiophene rings is 1. The lowest BCUT2D eigenvalue weighted by atomic mass is 9.89. The summed E-state index contributed by atoms with van der Waals surface area (Å²) in [5, 5.41) is 5.69. The van der Waals surface area contributed by atoms with Crippen LogP contribution in [0.2, 0.25) is 0 Å². The van der Waals surface area contributed by atoms with E-state index in [1.807, 2.05) is 42.5 Å². The lowest BCUT2D eigenvalue weighted by molar-refractivity contribution is -0.116. The first-order chi connectivity index (χ1) is 14.1. The minimum atomic E-state index is -0.234. The number of carbonyl (C=O) groups excluding carboxylic acids is 1. The monoisotopic (exact) mass is 403 g/mol. The average Bonchev–Trinajstić information content (AvgIpc) is 3.08. The maximum absolute atomic E-state index is 13.1. The van der Waals surface area contributed by atoms with Gasteiger partial charge in [-0.05, 0) is 42.2 Å². The van der Waals surface area contributed by atoms with Gasteiger partial charge in [-0.25, -0.2) is 4.98 Å². The van der Waals surface area contributed by atoms with E-state index in [9.17, 15) is 9.59 Å². The van der Waals surface area contributed by atoms with Crippen LogP contribution in [-0.4, -0.2) is 15.5 Å². The average molecular weight is 404 g/mol. The normalized spacial score (nSPS) is 16.1. The summed E-state index contributed by atoms with van der Waals surface area (Å²) in [5.41, 5.74) is 1.77. The number of carbonyl (C=O) groups is 1. The minimum absolute atomic E-state index is 0.0496. The lowest BCUT2D eigenvalue weighted by Crippen LogP contribution is -2.28. The van der Waals surface area contributed by atoms with Crippen molar-refractivity contribution >= 4 is 43.9 Å². The molecule has 2 aromatic carbocycles. The van der Waals surface area contributed by atoms with Crippen molar-refractivity contribution in [2.75, 3.05) is 5.32 Å². The number of rotatable bonds is 3. The molecular weight excluding hydrogens is 382 g/mol. The van der Waals surface area contributed by atoms with Gasteiger partial charge in [-0.2, -0.15) is 0 Å². The third kappa shape index (κ3) is 3.23. The zero-order valence-corrected chi connectivity index (χ0v) is 17.0. The summed E-state index contributed by atoms with van der Waals surface area (Å²) in [7, 11) is 0. The summed E-state index contributed by atoms with van der Waals surface area (Å²) in [4.78, 5) is 32.3. The standard InChI is InChI=1S/C23H21N3O2S/c1-14-9-10-17-19(11-14)29-22-21(17)23(28)26(13-24-22)12-20(27)25-18-8-4-6-15-5-2-3-7-16(15)18/h2-8,13-14H,9-12H2,1H3,(H,25,27)/t14-/m0/s1. The van der Waals surface area contributed by atoms with Gasteiger partial charge in [0.05, 0.1) is 11.7 Å². The molecule has 0 unspecified atom stereocenters. The first-order valence-electron chi connectivity index (χ1n) is 9.87. The van der Waals surface area contributed by atoms with E-state index in [1.165, 1.54) is 15.8 Å². The molecule has 146 valence electrons. The van der Waals surface area contributed by atoms with Crippen molar-refractivity contribution in [1.82, 2.24) is 9.55 Å². The van der Waals surface area contributed by atoms with Gasteiger partial charge in [-0.1, -0.05) is 43.3 Å². The Labute approximate surface area is 172 Å². The second-order valence-electron chi connectivity index (χ2n) is 7.78. The molecule has 1 atom stereocenters. The lowest BCUT2D eigenvalue weighted by Gasteiger charge is -2.17. The third-order valence-electron chi connectivity index (χ3n) is 5.66. The van der Waals surface area contributed by atoms with Crippen LogP contribution >= 0.6 is 11.3 Å². The number of amides is 1. The second kappa shape index (κ2) is 7.12. The fourth-order valence-electron chi connectivity index (χ4n) is 4.16. The van der Waals surface area contributed by atoms with Crippen molar-refractivity contribution < 1.29 is 4.79 Å². The van der Waals surface area contributed by atoms with Gasteiger partial charge in [0.15, 0.2) is 0 Å². The maximum Gasteiger partial charge on any atom is 0.262 e. The maximum atomic E-state index is 13.1. The molecule has 0 radical (unpaired) electrons. The zero-order chi connectivity index (χ0) is 20.0. The third-order valence-corrected chi connectivity index (χ3v) is 6.82. The molecule has 0 saturated heterocycles. The number of benzene rings is 2. The predicted molar refractivity (Wildman–Crippen MR) is 118 cm³/mol. The molecule has 2 heterocycles. The molecule has 2 aromatic heterocycles. The Bertz CT molecular complexity index is 1300. The summed E-state index contributed by atoms with van der Waals surface area (Å²) in [5.74, 6) is 0.409. The highest BCUT2D eigenvalue weighted by Gasteiger charge is 2.23. The van der Waals surface area contributed by atoms with Gasteiger partial charge in [-0.15, -0.1) is 11.3 Å². The largest absolute Gasteiger partial charge is 0.324 e. The van der Waals surface area contributed by atoms with Crippen LogP contribution < -0.4 is 10.9 Å². The Morgan fingerprint density at radius 2 is 2.07 bits per heavy atom. The SMILES string of the molecule is C[C@H]1CCc2c(sc3ncn(CC(=O)Nc4cccc5ccccc45)c(=O)c23)C1. The van der Waals surface area contributed by atoms with E-state index in [-0.39, 0.29) is 18.0 Å². The van der Waals surface area contributed by atoms with Gasteiger partial charge in [0.1, 0.15) is 11.4 Å². The molecule has 4 aromatic rings. The van der Waals surface area contributed by atoms with Gasteiger partial charge in [0.2, 0.25) is 5.91 Å². The van der Waals surface area contributed by atoms with Crippen molar-refractivity contribution in [3.63, 3.8) is 0 Å². The molecule has 29 heavy (non-hydrogen) atoms. The van der Waals surface area contributed by atoms with Gasteiger partial charge >= 0.3 is 0 Å². The Morgan fingerprint density at radius 3 is 2.97 bits per heavy atom. The Kier molecular flexibility index (Phi) is 4.43. The highest BCUT2D eigenvalue weighted by Crippen LogP contribution is 2.35. The smallest absolute Gasteiger partial charge is 0.262 e. The van der Waals surface area contributed by atoms with Crippen molar-refractivity contribution in [2.45, 2.75) is 32.7 Å². The van der Waals surface area contributed by atoms with E-state index in [2.05, 4.69) is 17.2 Å².